The molecular formula is C29H30N9O3+. The molecule has 0 spiro atoms. The summed E-state index contributed by atoms with van der Waals surface area (Å²) in [6, 6.07) is 15.0. The van der Waals surface area contributed by atoms with Gasteiger partial charge in [-0.25, -0.2) is 14.8 Å². The Balaban J connectivity index is 1.41. The first kappa shape index (κ1) is 27.4. The zero-order valence-corrected chi connectivity index (χ0v) is 22.4. The van der Waals surface area contributed by atoms with E-state index >= 15 is 0 Å². The molecule has 1 fully saturated rings. The number of rotatable bonds is 8. The van der Waals surface area contributed by atoms with Crippen molar-refractivity contribution in [2.45, 2.75) is 0 Å². The van der Waals surface area contributed by atoms with Crippen LogP contribution in [0.1, 0.15) is 15.9 Å². The first-order valence-electron chi connectivity index (χ1n) is 13.0. The summed E-state index contributed by atoms with van der Waals surface area (Å²) in [5.41, 5.74) is 10.4. The maximum Gasteiger partial charge on any atom is 0.323 e. The molecule has 3 heterocycles. The van der Waals surface area contributed by atoms with E-state index in [9.17, 15) is 9.59 Å². The van der Waals surface area contributed by atoms with Gasteiger partial charge in [0, 0.05) is 53.6 Å². The lowest BCUT2D eigenvalue weighted by Gasteiger charge is -2.28. The number of quaternary nitrogens is 1. The van der Waals surface area contributed by atoms with Crippen LogP contribution < -0.4 is 26.6 Å². The van der Waals surface area contributed by atoms with Crippen LogP contribution in [-0.2, 0) is 4.74 Å². The molecule has 0 saturated carbocycles. The second-order valence-electron chi connectivity index (χ2n) is 9.26. The number of amides is 3. The summed E-state index contributed by atoms with van der Waals surface area (Å²) in [6.07, 6.45) is 4.90. The highest BCUT2D eigenvalue weighted by atomic mass is 16.5. The fourth-order valence-electron chi connectivity index (χ4n) is 4.41. The molecule has 1 saturated heterocycles. The molecular weight excluding hydrogens is 522 g/mol. The minimum absolute atomic E-state index is 0.359. The second-order valence-corrected chi connectivity index (χ2v) is 9.26. The van der Waals surface area contributed by atoms with Crippen molar-refractivity contribution >= 4 is 52.0 Å². The molecule has 0 unspecified atom stereocenters. The van der Waals surface area contributed by atoms with E-state index in [0.717, 1.165) is 22.5 Å². The number of allylic oxidation sites excluding steroid dienone is 1. The highest BCUT2D eigenvalue weighted by molar-refractivity contribution is 6.08. The number of hydrogen-bond acceptors (Lipinski definition) is 8. The molecule has 7 N–H and O–H groups in total. The van der Waals surface area contributed by atoms with Crippen LogP contribution in [-0.4, -0.2) is 66.5 Å². The molecule has 0 bridgehead atoms. The number of nitrogens with two attached hydrogens (primary N) is 2. The van der Waals surface area contributed by atoms with Gasteiger partial charge in [-0.1, -0.05) is 0 Å². The average molecular weight is 553 g/mol. The Bertz CT molecular complexity index is 1610. The van der Waals surface area contributed by atoms with Gasteiger partial charge in [0.2, 0.25) is 5.91 Å². The number of carbonyl (C=O) groups is 2. The maximum absolute atomic E-state index is 12.5. The molecule has 12 nitrogen and oxygen atoms in total. The quantitative estimate of drug-likeness (QED) is 0.209. The van der Waals surface area contributed by atoms with Gasteiger partial charge in [-0.3, -0.25) is 9.78 Å². The van der Waals surface area contributed by atoms with Crippen molar-refractivity contribution < 1.29 is 19.6 Å². The second kappa shape index (κ2) is 12.3. The fourth-order valence-corrected chi connectivity index (χ4v) is 4.41. The molecule has 0 radical (unpaired) electrons. The molecule has 2 aromatic carbocycles. The van der Waals surface area contributed by atoms with Crippen molar-refractivity contribution in [2.24, 2.45) is 5.73 Å². The summed E-state index contributed by atoms with van der Waals surface area (Å²) in [7, 11) is 1.90. The molecule has 5 rings (SSSR count). The van der Waals surface area contributed by atoms with E-state index in [4.69, 9.17) is 30.8 Å². The first-order valence-corrected chi connectivity index (χ1v) is 13.0. The largest absolute Gasteiger partial charge is 0.378 e. The molecule has 4 aromatic rings. The summed E-state index contributed by atoms with van der Waals surface area (Å²) >= 11 is 0. The van der Waals surface area contributed by atoms with E-state index in [1.54, 1.807) is 42.6 Å². The van der Waals surface area contributed by atoms with Gasteiger partial charge in [0.25, 0.3) is 0 Å². The molecule has 1 aliphatic heterocycles. The summed E-state index contributed by atoms with van der Waals surface area (Å²) in [4.78, 5) is 40.3. The molecule has 2 aromatic heterocycles. The zero-order chi connectivity index (χ0) is 28.8. The smallest absolute Gasteiger partial charge is 0.323 e. The first-order chi connectivity index (χ1) is 19.9. The van der Waals surface area contributed by atoms with Crippen LogP contribution in [0.3, 0.4) is 0 Å². The number of ether oxygens (including phenoxy) is 1. The summed E-state index contributed by atoms with van der Waals surface area (Å²) < 4.78 is 5.54. The van der Waals surface area contributed by atoms with E-state index in [0.29, 0.717) is 60.1 Å². The number of nitrogens with one attached hydrogen (secondary N) is 3. The predicted octanol–water partition coefficient (Wildman–Crippen LogP) is 2.45. The van der Waals surface area contributed by atoms with Crippen LogP contribution in [0.25, 0.3) is 28.0 Å². The van der Waals surface area contributed by atoms with Crippen LogP contribution in [0.2, 0.25) is 0 Å². The number of hydrogen-bond donors (Lipinski definition) is 5. The van der Waals surface area contributed by atoms with Crippen molar-refractivity contribution in [3.8, 4) is 11.4 Å². The van der Waals surface area contributed by atoms with Gasteiger partial charge in [-0.05, 0) is 54.6 Å². The fraction of sp³-hybridized carbons (Fsp3) is 0.172. The number of anilines is 3. The van der Waals surface area contributed by atoms with E-state index in [1.807, 2.05) is 36.8 Å². The van der Waals surface area contributed by atoms with E-state index in [2.05, 4.69) is 15.5 Å². The van der Waals surface area contributed by atoms with Gasteiger partial charge in [0.05, 0.1) is 31.4 Å². The van der Waals surface area contributed by atoms with Crippen molar-refractivity contribution in [3.05, 3.63) is 78.1 Å². The Hall–Kier alpha value is -5.20. The number of urea groups is 1. The Morgan fingerprint density at radius 1 is 1.00 bits per heavy atom. The molecule has 12 heteroatoms. The van der Waals surface area contributed by atoms with Crippen LogP contribution in [0.15, 0.2) is 67.0 Å². The summed E-state index contributed by atoms with van der Waals surface area (Å²) in [5.74, 6) is 0.713. The number of pyridine rings is 1. The summed E-state index contributed by atoms with van der Waals surface area (Å²) in [6.45, 7) is 2.58. The lowest BCUT2D eigenvalue weighted by molar-refractivity contribution is -0.555. The van der Waals surface area contributed by atoms with Gasteiger partial charge in [0.15, 0.2) is 11.6 Å². The normalized spacial score (nSPS) is 13.6. The summed E-state index contributed by atoms with van der Waals surface area (Å²) in [5, 5.41) is 15.2. The molecule has 3 amide bonds. The third-order valence-corrected chi connectivity index (χ3v) is 6.49. The number of aromatic nitrogens is 3. The van der Waals surface area contributed by atoms with E-state index in [1.165, 1.54) is 6.21 Å². The Morgan fingerprint density at radius 3 is 2.27 bits per heavy atom. The third kappa shape index (κ3) is 6.35. The van der Waals surface area contributed by atoms with Crippen LogP contribution in [0, 0.1) is 5.41 Å². The monoisotopic (exact) mass is 552 g/mol. The minimum Gasteiger partial charge on any atom is -0.378 e. The van der Waals surface area contributed by atoms with Gasteiger partial charge < -0.3 is 36.7 Å². The van der Waals surface area contributed by atoms with Crippen LogP contribution >= 0.6 is 0 Å². The zero-order valence-electron chi connectivity index (χ0n) is 22.4. The Labute approximate surface area is 236 Å². The number of carbonyl (C=O) groups excluding carboxylic acids is 2. The van der Waals surface area contributed by atoms with E-state index < -0.39 is 11.9 Å². The van der Waals surface area contributed by atoms with E-state index in [-0.39, 0.29) is 0 Å². The number of morpholine rings is 1. The highest BCUT2D eigenvalue weighted by Crippen LogP contribution is 2.29. The Kier molecular flexibility index (Phi) is 8.23. The average Bonchev–Trinajstić information content (AvgIpc) is 3.00. The molecule has 0 atom stereocenters. The lowest BCUT2D eigenvalue weighted by Crippen LogP contribution is -2.72. The molecule has 208 valence electrons. The molecule has 41 heavy (non-hydrogen) atoms. The maximum atomic E-state index is 12.5. The van der Waals surface area contributed by atoms with Gasteiger partial charge in [-0.2, -0.15) is 0 Å². The molecule has 0 aliphatic carbocycles. The minimum atomic E-state index is -0.534. The number of nitrogens with zero attached hydrogens (tertiary/aromatic N) is 4. The standard InChI is InChI=1S/C29H29N9O3/c1-32-16-21(15-30)20-14-24-25(33-17-20)28(38-10-12-41-13-11-38)37-27(36-24)19-4-8-23(9-5-19)35-29(40)34-22-6-2-18(3-7-22)26(31)39/h2-9,14-17,30,32H,10-13H2,1H3,(H2,31,39)(H2,34,35,40)/p+1/b21-16+,30-15?. The predicted molar refractivity (Wildman–Crippen MR) is 158 cm³/mol. The number of benzene rings is 2. The number of fused-ring (bicyclic) bond motifs is 1. The Morgan fingerprint density at radius 2 is 1.66 bits per heavy atom. The lowest BCUT2D eigenvalue weighted by atomic mass is 10.1. The van der Waals surface area contributed by atoms with Crippen LogP contribution in [0.5, 0.6) is 0 Å². The van der Waals surface area contributed by atoms with Crippen molar-refractivity contribution in [1.82, 2.24) is 15.0 Å². The van der Waals surface area contributed by atoms with Crippen molar-refractivity contribution in [3.63, 3.8) is 0 Å². The third-order valence-electron chi connectivity index (χ3n) is 6.49. The van der Waals surface area contributed by atoms with Gasteiger partial charge >= 0.3 is 6.03 Å². The SMILES string of the molecule is C[NH2+]/C=C(\C=N)c1cnc2c(N3CCOCC3)nc(-c3ccc(NC(=O)Nc4ccc(C(N)=O)cc4)cc3)nc2c1. The number of primary amides is 1. The van der Waals surface area contributed by atoms with Gasteiger partial charge in [0.1, 0.15) is 11.7 Å². The van der Waals surface area contributed by atoms with Gasteiger partial charge in [-0.15, -0.1) is 0 Å². The van der Waals surface area contributed by atoms with Crippen molar-refractivity contribution in [2.75, 3.05) is 48.9 Å². The highest BCUT2D eigenvalue weighted by Gasteiger charge is 2.20. The molecule has 1 aliphatic rings. The van der Waals surface area contributed by atoms with Crippen LogP contribution in [0.4, 0.5) is 22.0 Å². The topological polar surface area (TPSA) is 176 Å². The van der Waals surface area contributed by atoms with Crippen molar-refractivity contribution in [1.29, 1.82) is 5.41 Å².